The molecule has 3 N–H and O–H groups in total. The summed E-state index contributed by atoms with van der Waals surface area (Å²) in [6, 6.07) is 0. The van der Waals surface area contributed by atoms with Crippen LogP contribution >= 0.6 is 7.82 Å². The SMILES string of the molecule is CCCCC/C=C/C/C=C/C/C=C/C/C=C/CCCC(=O)OC[C@@H](COP(=O)(O)OC[C@H](O)CO)OC(=O)CCCCCCCCCCCCC. The van der Waals surface area contributed by atoms with E-state index in [-0.39, 0.29) is 19.4 Å². The van der Waals surface area contributed by atoms with Gasteiger partial charge in [0, 0.05) is 12.8 Å². The highest BCUT2D eigenvalue weighted by Gasteiger charge is 2.27. The molecule has 0 saturated heterocycles. The van der Waals surface area contributed by atoms with Gasteiger partial charge in [-0.1, -0.05) is 140 Å². The molecule has 296 valence electrons. The fourth-order valence-corrected chi connectivity index (χ4v) is 5.71. The van der Waals surface area contributed by atoms with Crippen LogP contribution in [0.3, 0.4) is 0 Å². The van der Waals surface area contributed by atoms with E-state index in [2.05, 4.69) is 60.9 Å². The molecule has 0 aliphatic heterocycles. The first-order valence-corrected chi connectivity index (χ1v) is 21.1. The third-order valence-corrected chi connectivity index (χ3v) is 8.94. The largest absolute Gasteiger partial charge is 0.472 e. The lowest BCUT2D eigenvalue weighted by Gasteiger charge is -2.20. The molecule has 0 bridgehead atoms. The molecular formula is C40H71O10P. The van der Waals surface area contributed by atoms with E-state index in [4.69, 9.17) is 19.1 Å². The smallest absolute Gasteiger partial charge is 0.462 e. The molecule has 0 aliphatic carbocycles. The van der Waals surface area contributed by atoms with Crippen molar-refractivity contribution < 1.29 is 47.8 Å². The van der Waals surface area contributed by atoms with Gasteiger partial charge in [-0.3, -0.25) is 18.6 Å². The molecule has 0 saturated carbocycles. The highest BCUT2D eigenvalue weighted by Crippen LogP contribution is 2.43. The number of hydrogen-bond donors (Lipinski definition) is 3. The van der Waals surface area contributed by atoms with Crippen LogP contribution < -0.4 is 0 Å². The van der Waals surface area contributed by atoms with Gasteiger partial charge in [-0.15, -0.1) is 0 Å². The molecule has 0 fully saturated rings. The molecule has 10 nitrogen and oxygen atoms in total. The Hall–Kier alpha value is -2.07. The van der Waals surface area contributed by atoms with E-state index in [1.165, 1.54) is 64.2 Å². The average Bonchev–Trinajstić information content (AvgIpc) is 3.12. The van der Waals surface area contributed by atoms with Crippen LogP contribution in [-0.4, -0.2) is 65.7 Å². The van der Waals surface area contributed by atoms with Gasteiger partial charge in [0.25, 0.3) is 0 Å². The van der Waals surface area contributed by atoms with Crippen LogP contribution in [-0.2, 0) is 32.7 Å². The Balaban J connectivity index is 4.44. The van der Waals surface area contributed by atoms with Gasteiger partial charge < -0.3 is 24.6 Å². The standard InChI is InChI=1S/C40H71O10P/c1-3-5-7-9-11-13-15-16-17-18-19-20-22-23-25-27-29-31-39(43)47-35-38(36-49-51(45,46)48-34-37(42)33-41)50-40(44)32-30-28-26-24-21-14-12-10-8-6-4-2/h11,13,16-17,19-20,23,25,37-38,41-42H,3-10,12,14-15,18,21-22,24,26-36H2,1-2H3,(H,45,46)/b13-11+,17-16+,20-19+,25-23+/t37-,38+/m1/s1. The molecular weight excluding hydrogens is 671 g/mol. The lowest BCUT2D eigenvalue weighted by molar-refractivity contribution is -0.161. The van der Waals surface area contributed by atoms with Crippen molar-refractivity contribution in [2.45, 2.75) is 167 Å². The van der Waals surface area contributed by atoms with E-state index in [9.17, 15) is 24.2 Å². The van der Waals surface area contributed by atoms with Crippen molar-refractivity contribution in [3.05, 3.63) is 48.6 Å². The van der Waals surface area contributed by atoms with Crippen molar-refractivity contribution in [2.24, 2.45) is 0 Å². The summed E-state index contributed by atoms with van der Waals surface area (Å²) in [6.45, 7) is 2.26. The summed E-state index contributed by atoms with van der Waals surface area (Å²) < 4.78 is 32.5. The number of rotatable bonds is 36. The zero-order valence-corrected chi connectivity index (χ0v) is 32.7. The van der Waals surface area contributed by atoms with E-state index >= 15 is 0 Å². The van der Waals surface area contributed by atoms with Crippen molar-refractivity contribution in [3.63, 3.8) is 0 Å². The molecule has 3 atom stereocenters. The third kappa shape index (κ3) is 36.1. The Morgan fingerprint density at radius 2 is 1.04 bits per heavy atom. The van der Waals surface area contributed by atoms with Gasteiger partial charge >= 0.3 is 19.8 Å². The summed E-state index contributed by atoms with van der Waals surface area (Å²) in [6.07, 6.45) is 36.6. The van der Waals surface area contributed by atoms with Gasteiger partial charge in [0.05, 0.1) is 19.8 Å². The van der Waals surface area contributed by atoms with Crippen molar-refractivity contribution >= 4 is 19.8 Å². The molecule has 0 aromatic heterocycles. The number of allylic oxidation sites excluding steroid dienone is 8. The van der Waals surface area contributed by atoms with Crippen LogP contribution in [0.25, 0.3) is 0 Å². The first kappa shape index (κ1) is 48.9. The first-order chi connectivity index (χ1) is 24.7. The highest BCUT2D eigenvalue weighted by atomic mass is 31.2. The Kier molecular flexibility index (Phi) is 34.8. The summed E-state index contributed by atoms with van der Waals surface area (Å²) in [5.41, 5.74) is 0. The quantitative estimate of drug-likeness (QED) is 0.0245. The van der Waals surface area contributed by atoms with Crippen molar-refractivity contribution in [2.75, 3.05) is 26.4 Å². The maximum Gasteiger partial charge on any atom is 0.472 e. The topological polar surface area (TPSA) is 149 Å². The minimum atomic E-state index is -4.62. The molecule has 11 heteroatoms. The number of hydrogen-bond acceptors (Lipinski definition) is 9. The lowest BCUT2D eigenvalue weighted by atomic mass is 10.1. The molecule has 0 aliphatic rings. The molecule has 0 aromatic carbocycles. The van der Waals surface area contributed by atoms with E-state index in [1.54, 1.807) is 0 Å². The van der Waals surface area contributed by atoms with Gasteiger partial charge in [-0.25, -0.2) is 4.57 Å². The summed E-state index contributed by atoms with van der Waals surface area (Å²) in [7, 11) is -4.62. The molecule has 0 spiro atoms. The molecule has 0 radical (unpaired) electrons. The maximum atomic E-state index is 12.5. The maximum absolute atomic E-state index is 12.5. The van der Waals surface area contributed by atoms with Crippen LogP contribution in [0.15, 0.2) is 48.6 Å². The number of unbranched alkanes of at least 4 members (excludes halogenated alkanes) is 14. The lowest BCUT2D eigenvalue weighted by Crippen LogP contribution is -2.29. The Morgan fingerprint density at radius 1 is 0.588 bits per heavy atom. The number of aliphatic hydroxyl groups excluding tert-OH is 2. The second-order valence-electron chi connectivity index (χ2n) is 13.0. The predicted octanol–water partition coefficient (Wildman–Crippen LogP) is 9.78. The van der Waals surface area contributed by atoms with E-state index in [0.29, 0.717) is 19.3 Å². The van der Waals surface area contributed by atoms with Crippen LogP contribution in [0, 0.1) is 0 Å². The zero-order chi connectivity index (χ0) is 37.7. The molecule has 1 unspecified atom stereocenters. The molecule has 51 heavy (non-hydrogen) atoms. The summed E-state index contributed by atoms with van der Waals surface area (Å²) >= 11 is 0. The highest BCUT2D eigenvalue weighted by molar-refractivity contribution is 7.47. The Labute approximate surface area is 309 Å². The predicted molar refractivity (Wildman–Crippen MR) is 205 cm³/mol. The van der Waals surface area contributed by atoms with Gasteiger partial charge in [-0.05, 0) is 51.4 Å². The molecule has 0 rings (SSSR count). The average molecular weight is 743 g/mol. The molecule has 0 aromatic rings. The summed E-state index contributed by atoms with van der Waals surface area (Å²) in [4.78, 5) is 34.8. The van der Waals surface area contributed by atoms with Gasteiger partial charge in [0.2, 0.25) is 0 Å². The minimum Gasteiger partial charge on any atom is -0.462 e. The van der Waals surface area contributed by atoms with Crippen molar-refractivity contribution in [3.8, 4) is 0 Å². The fraction of sp³-hybridized carbons (Fsp3) is 0.750. The van der Waals surface area contributed by atoms with Crippen LogP contribution in [0.4, 0.5) is 0 Å². The summed E-state index contributed by atoms with van der Waals surface area (Å²) in [5, 5.41) is 18.3. The van der Waals surface area contributed by atoms with Gasteiger partial charge in [0.15, 0.2) is 6.10 Å². The van der Waals surface area contributed by atoms with Crippen molar-refractivity contribution in [1.29, 1.82) is 0 Å². The van der Waals surface area contributed by atoms with Gasteiger partial charge in [-0.2, -0.15) is 0 Å². The minimum absolute atomic E-state index is 0.166. The number of carbonyl (C=O) groups is 2. The van der Waals surface area contributed by atoms with Crippen LogP contribution in [0.2, 0.25) is 0 Å². The second kappa shape index (κ2) is 36.3. The number of carbonyl (C=O) groups excluding carboxylic acids is 2. The van der Waals surface area contributed by atoms with Crippen molar-refractivity contribution in [1.82, 2.24) is 0 Å². The van der Waals surface area contributed by atoms with Gasteiger partial charge in [0.1, 0.15) is 12.7 Å². The zero-order valence-electron chi connectivity index (χ0n) is 31.8. The first-order valence-electron chi connectivity index (χ1n) is 19.6. The van der Waals surface area contributed by atoms with E-state index in [0.717, 1.165) is 44.9 Å². The van der Waals surface area contributed by atoms with Crippen LogP contribution in [0.1, 0.15) is 155 Å². The number of aliphatic hydroxyl groups is 2. The monoisotopic (exact) mass is 742 g/mol. The van der Waals surface area contributed by atoms with E-state index in [1.807, 2.05) is 6.08 Å². The number of phosphoric acid groups is 1. The number of ether oxygens (including phenoxy) is 2. The third-order valence-electron chi connectivity index (χ3n) is 7.99. The number of phosphoric ester groups is 1. The second-order valence-corrected chi connectivity index (χ2v) is 14.4. The normalized spacial score (nSPS) is 14.5. The fourth-order valence-electron chi connectivity index (χ4n) is 4.93. The Morgan fingerprint density at radius 3 is 1.59 bits per heavy atom. The Bertz CT molecular complexity index is 994. The molecule has 0 amide bonds. The summed E-state index contributed by atoms with van der Waals surface area (Å²) in [5.74, 6) is -0.993. The number of esters is 2. The molecule has 0 heterocycles. The van der Waals surface area contributed by atoms with E-state index < -0.39 is 51.8 Å². The van der Waals surface area contributed by atoms with Crippen LogP contribution in [0.5, 0.6) is 0 Å².